The summed E-state index contributed by atoms with van der Waals surface area (Å²) >= 11 is 2.77. The lowest BCUT2D eigenvalue weighted by Crippen LogP contribution is -2.38. The molecule has 0 spiro atoms. The maximum absolute atomic E-state index is 11.1. The first kappa shape index (κ1) is 9.92. The van der Waals surface area contributed by atoms with Gasteiger partial charge >= 0.3 is 0 Å². The lowest BCUT2D eigenvalue weighted by atomic mass is 10.2. The van der Waals surface area contributed by atoms with E-state index < -0.39 is 0 Å². The summed E-state index contributed by atoms with van der Waals surface area (Å²) in [5.74, 6) is 1.24. The normalized spacial score (nSPS) is 22.8. The third-order valence-corrected chi connectivity index (χ3v) is 3.11. The maximum Gasteiger partial charge on any atom is 0.230 e. The van der Waals surface area contributed by atoms with Gasteiger partial charge in [-0.1, -0.05) is 11.8 Å². The van der Waals surface area contributed by atoms with Gasteiger partial charge in [0.25, 0.3) is 0 Å². The average molecular weight is 205 g/mol. The highest BCUT2D eigenvalue weighted by Gasteiger charge is 2.26. The lowest BCUT2D eigenvalue weighted by Gasteiger charge is -2.08. The van der Waals surface area contributed by atoms with Crippen LogP contribution in [-0.4, -0.2) is 34.8 Å². The second-order valence-corrected chi connectivity index (χ2v) is 4.47. The largest absolute Gasteiger partial charge is 0.345 e. The molecule has 1 heterocycles. The Kier molecular flexibility index (Phi) is 3.94. The monoisotopic (exact) mass is 205 g/mol. The molecule has 0 bridgehead atoms. The molecule has 1 aliphatic heterocycles. The molecule has 0 aromatic heterocycles. The minimum absolute atomic E-state index is 0.0386. The molecule has 68 valence electrons. The zero-order valence-electron chi connectivity index (χ0n) is 6.83. The van der Waals surface area contributed by atoms with Crippen LogP contribution in [0.15, 0.2) is 0 Å². The van der Waals surface area contributed by atoms with E-state index in [4.69, 9.17) is 0 Å². The molecule has 0 aromatic carbocycles. The molecular formula is C7H11NO2S2. The summed E-state index contributed by atoms with van der Waals surface area (Å²) in [5, 5.41) is 2.80. The van der Waals surface area contributed by atoms with Crippen LogP contribution in [0.25, 0.3) is 0 Å². The summed E-state index contributed by atoms with van der Waals surface area (Å²) in [6, 6.07) is -0.227. The van der Waals surface area contributed by atoms with E-state index in [2.05, 4.69) is 5.32 Å². The zero-order valence-corrected chi connectivity index (χ0v) is 8.46. The van der Waals surface area contributed by atoms with E-state index in [0.29, 0.717) is 5.75 Å². The molecule has 1 N–H and O–H groups in total. The zero-order chi connectivity index (χ0) is 8.97. The Morgan fingerprint density at radius 3 is 3.08 bits per heavy atom. The fourth-order valence-corrected chi connectivity index (χ4v) is 2.27. The Morgan fingerprint density at radius 2 is 2.58 bits per heavy atom. The molecule has 0 radical (unpaired) electrons. The second-order valence-electron chi connectivity index (χ2n) is 2.51. The van der Waals surface area contributed by atoms with E-state index in [1.54, 1.807) is 0 Å². The minimum Gasteiger partial charge on any atom is -0.345 e. The topological polar surface area (TPSA) is 46.2 Å². The Bertz CT molecular complexity index is 196. The van der Waals surface area contributed by atoms with E-state index in [0.717, 1.165) is 12.2 Å². The minimum atomic E-state index is -0.227. The Labute approximate surface area is 80.0 Å². The van der Waals surface area contributed by atoms with Gasteiger partial charge in [0.2, 0.25) is 11.0 Å². The molecule has 0 aliphatic carbocycles. The van der Waals surface area contributed by atoms with Gasteiger partial charge < -0.3 is 5.32 Å². The van der Waals surface area contributed by atoms with Gasteiger partial charge in [0, 0.05) is 5.75 Å². The SMILES string of the molecule is CSCC(=O)NC1CCSC1=O. The van der Waals surface area contributed by atoms with E-state index in [1.807, 2.05) is 6.26 Å². The summed E-state index contributed by atoms with van der Waals surface area (Å²) in [6.45, 7) is 0. The van der Waals surface area contributed by atoms with Crippen molar-refractivity contribution in [1.29, 1.82) is 0 Å². The van der Waals surface area contributed by atoms with E-state index in [-0.39, 0.29) is 17.1 Å². The van der Waals surface area contributed by atoms with E-state index in [9.17, 15) is 9.59 Å². The fraction of sp³-hybridized carbons (Fsp3) is 0.714. The third-order valence-electron chi connectivity index (χ3n) is 1.55. The first-order valence-electron chi connectivity index (χ1n) is 3.69. The molecule has 1 fully saturated rings. The smallest absolute Gasteiger partial charge is 0.230 e. The molecule has 12 heavy (non-hydrogen) atoms. The quantitative estimate of drug-likeness (QED) is 0.728. The number of amides is 1. The molecular weight excluding hydrogens is 194 g/mol. The van der Waals surface area contributed by atoms with Crippen LogP contribution in [0.2, 0.25) is 0 Å². The molecule has 1 atom stereocenters. The van der Waals surface area contributed by atoms with E-state index in [1.165, 1.54) is 23.5 Å². The van der Waals surface area contributed by atoms with Gasteiger partial charge in [-0.2, -0.15) is 11.8 Å². The average Bonchev–Trinajstić information content (AvgIpc) is 2.37. The summed E-state index contributed by atoms with van der Waals surface area (Å²) in [4.78, 5) is 22.1. The van der Waals surface area contributed by atoms with Crippen molar-refractivity contribution in [1.82, 2.24) is 5.32 Å². The van der Waals surface area contributed by atoms with Crippen molar-refractivity contribution in [3.63, 3.8) is 0 Å². The molecule has 0 saturated carbocycles. The summed E-state index contributed by atoms with van der Waals surface area (Å²) < 4.78 is 0. The molecule has 1 unspecified atom stereocenters. The number of thioether (sulfide) groups is 2. The summed E-state index contributed by atoms with van der Waals surface area (Å²) in [5.41, 5.74) is 0. The van der Waals surface area contributed by atoms with Crippen LogP contribution in [0.5, 0.6) is 0 Å². The molecule has 1 rings (SSSR count). The van der Waals surface area contributed by atoms with Crippen LogP contribution in [0.1, 0.15) is 6.42 Å². The standard InChI is InChI=1S/C7H11NO2S2/c1-11-4-6(9)8-5-2-3-12-7(5)10/h5H,2-4H2,1H3,(H,8,9). The molecule has 5 heteroatoms. The fourth-order valence-electron chi connectivity index (χ4n) is 0.994. The van der Waals surface area contributed by atoms with Crippen molar-refractivity contribution in [3.8, 4) is 0 Å². The van der Waals surface area contributed by atoms with Gasteiger partial charge in [0.15, 0.2) is 0 Å². The summed E-state index contributed by atoms with van der Waals surface area (Å²) in [6.07, 6.45) is 2.65. The summed E-state index contributed by atoms with van der Waals surface area (Å²) in [7, 11) is 0. The number of hydrogen-bond acceptors (Lipinski definition) is 4. The molecule has 1 saturated heterocycles. The van der Waals surface area contributed by atoms with Crippen molar-refractivity contribution in [2.75, 3.05) is 17.8 Å². The maximum atomic E-state index is 11.1. The Morgan fingerprint density at radius 1 is 1.83 bits per heavy atom. The number of carbonyl (C=O) groups is 2. The van der Waals surface area contributed by atoms with Crippen molar-refractivity contribution in [2.45, 2.75) is 12.5 Å². The van der Waals surface area contributed by atoms with Crippen molar-refractivity contribution in [2.24, 2.45) is 0 Å². The van der Waals surface area contributed by atoms with Gasteiger partial charge in [0.1, 0.15) is 0 Å². The molecule has 1 amide bonds. The third kappa shape index (κ3) is 2.71. The first-order chi connectivity index (χ1) is 5.74. The highest BCUT2D eigenvalue weighted by Crippen LogP contribution is 2.19. The predicted molar refractivity (Wildman–Crippen MR) is 52.4 cm³/mol. The van der Waals surface area contributed by atoms with Crippen LogP contribution in [-0.2, 0) is 9.59 Å². The number of hydrogen-bond donors (Lipinski definition) is 1. The highest BCUT2D eigenvalue weighted by molar-refractivity contribution is 8.14. The molecule has 0 aromatic rings. The van der Waals surface area contributed by atoms with Gasteiger partial charge in [-0.3, -0.25) is 9.59 Å². The van der Waals surface area contributed by atoms with Crippen LogP contribution < -0.4 is 5.32 Å². The Hall–Kier alpha value is -0.160. The Balaban J connectivity index is 2.30. The number of rotatable bonds is 3. The van der Waals surface area contributed by atoms with E-state index >= 15 is 0 Å². The first-order valence-corrected chi connectivity index (χ1v) is 6.07. The highest BCUT2D eigenvalue weighted by atomic mass is 32.2. The van der Waals surface area contributed by atoms with Crippen LogP contribution in [0.3, 0.4) is 0 Å². The van der Waals surface area contributed by atoms with Gasteiger partial charge in [-0.05, 0) is 12.7 Å². The van der Waals surface area contributed by atoms with Crippen molar-refractivity contribution < 1.29 is 9.59 Å². The molecule has 1 aliphatic rings. The van der Waals surface area contributed by atoms with Gasteiger partial charge in [0.05, 0.1) is 11.8 Å². The molecule has 3 nitrogen and oxygen atoms in total. The number of carbonyl (C=O) groups excluding carboxylic acids is 2. The second kappa shape index (κ2) is 4.77. The van der Waals surface area contributed by atoms with Crippen LogP contribution >= 0.6 is 23.5 Å². The van der Waals surface area contributed by atoms with Crippen molar-refractivity contribution in [3.05, 3.63) is 0 Å². The van der Waals surface area contributed by atoms with Gasteiger partial charge in [-0.25, -0.2) is 0 Å². The lowest BCUT2D eigenvalue weighted by molar-refractivity contribution is -0.122. The van der Waals surface area contributed by atoms with Crippen LogP contribution in [0.4, 0.5) is 0 Å². The predicted octanol–water partition coefficient (Wildman–Crippen LogP) is 0.498. The van der Waals surface area contributed by atoms with Crippen LogP contribution in [0, 0.1) is 0 Å². The number of nitrogens with one attached hydrogen (secondary N) is 1. The van der Waals surface area contributed by atoms with Crippen molar-refractivity contribution >= 4 is 34.5 Å². The van der Waals surface area contributed by atoms with Gasteiger partial charge in [-0.15, -0.1) is 0 Å².